The zero-order valence-corrected chi connectivity index (χ0v) is 13.7. The topological polar surface area (TPSA) is 82.9 Å². The van der Waals surface area contributed by atoms with Crippen LogP contribution in [0.4, 0.5) is 0 Å². The Morgan fingerprint density at radius 1 is 1.26 bits per heavy atom. The quantitative estimate of drug-likeness (QED) is 0.328. The number of hydrogen-bond acceptors (Lipinski definition) is 3. The minimum atomic E-state index is 0. The minimum absolute atomic E-state index is 0. The Labute approximate surface area is 131 Å². The number of benzene rings is 1. The molecule has 0 aliphatic heterocycles. The van der Waals surface area contributed by atoms with Gasteiger partial charge in [-0.25, -0.2) is 4.99 Å². The van der Waals surface area contributed by atoms with E-state index in [0.717, 1.165) is 16.9 Å². The number of guanidine groups is 1. The maximum atomic E-state index is 5.68. The van der Waals surface area contributed by atoms with Crippen molar-refractivity contribution in [3.63, 3.8) is 0 Å². The van der Waals surface area contributed by atoms with Gasteiger partial charge in [-0.2, -0.15) is 0 Å². The Kier molecular flexibility index (Phi) is 9.32. The van der Waals surface area contributed by atoms with E-state index >= 15 is 0 Å². The molecule has 0 aromatic heterocycles. The third-order valence-electron chi connectivity index (χ3n) is 2.34. The van der Waals surface area contributed by atoms with E-state index in [1.54, 1.807) is 0 Å². The number of nitrogens with two attached hydrogens (primary N) is 2. The van der Waals surface area contributed by atoms with Crippen molar-refractivity contribution in [3.8, 4) is 5.75 Å². The van der Waals surface area contributed by atoms with E-state index in [4.69, 9.17) is 20.9 Å². The first-order valence-electron chi connectivity index (χ1n) is 5.99. The Balaban J connectivity index is 0.00000324. The highest BCUT2D eigenvalue weighted by atomic mass is 127. The second-order valence-electron chi connectivity index (χ2n) is 3.90. The first-order valence-corrected chi connectivity index (χ1v) is 5.99. The van der Waals surface area contributed by atoms with Crippen LogP contribution in [-0.2, 0) is 11.3 Å². The summed E-state index contributed by atoms with van der Waals surface area (Å²) >= 11 is 0. The highest BCUT2D eigenvalue weighted by molar-refractivity contribution is 14.0. The minimum Gasteiger partial charge on any atom is -0.491 e. The van der Waals surface area contributed by atoms with Crippen molar-refractivity contribution in [2.45, 2.75) is 20.4 Å². The molecule has 5 nitrogen and oxygen atoms in total. The largest absolute Gasteiger partial charge is 0.491 e. The van der Waals surface area contributed by atoms with Gasteiger partial charge in [0.05, 0.1) is 13.2 Å². The van der Waals surface area contributed by atoms with Gasteiger partial charge in [0.25, 0.3) is 0 Å². The smallest absolute Gasteiger partial charge is 0.186 e. The van der Waals surface area contributed by atoms with Gasteiger partial charge in [0, 0.05) is 12.2 Å². The molecule has 0 unspecified atom stereocenters. The van der Waals surface area contributed by atoms with Crippen molar-refractivity contribution < 1.29 is 9.47 Å². The molecule has 108 valence electrons. The van der Waals surface area contributed by atoms with Gasteiger partial charge < -0.3 is 20.9 Å². The van der Waals surface area contributed by atoms with E-state index in [2.05, 4.69) is 4.99 Å². The summed E-state index contributed by atoms with van der Waals surface area (Å²) in [7, 11) is 0. The average molecular weight is 379 g/mol. The van der Waals surface area contributed by atoms with Gasteiger partial charge >= 0.3 is 0 Å². The second-order valence-corrected chi connectivity index (χ2v) is 3.90. The number of halogens is 1. The fraction of sp³-hybridized carbons (Fsp3) is 0.462. The summed E-state index contributed by atoms with van der Waals surface area (Å²) in [4.78, 5) is 3.99. The zero-order chi connectivity index (χ0) is 13.4. The molecule has 0 fully saturated rings. The molecule has 1 rings (SSSR count). The molecule has 0 saturated carbocycles. The highest BCUT2D eigenvalue weighted by Gasteiger charge is 2.04. The van der Waals surface area contributed by atoms with Crippen LogP contribution in [0.5, 0.6) is 5.75 Å². The lowest BCUT2D eigenvalue weighted by Crippen LogP contribution is -2.22. The van der Waals surface area contributed by atoms with Gasteiger partial charge in [-0.15, -0.1) is 24.0 Å². The maximum Gasteiger partial charge on any atom is 0.186 e. The number of aliphatic imine (C=N–C) groups is 1. The van der Waals surface area contributed by atoms with E-state index in [1.807, 2.05) is 32.0 Å². The van der Waals surface area contributed by atoms with Gasteiger partial charge in [-0.3, -0.25) is 0 Å². The van der Waals surface area contributed by atoms with E-state index in [0.29, 0.717) is 26.4 Å². The van der Waals surface area contributed by atoms with Crippen LogP contribution in [-0.4, -0.2) is 25.8 Å². The predicted molar refractivity (Wildman–Crippen MR) is 88.1 cm³/mol. The van der Waals surface area contributed by atoms with Gasteiger partial charge in [-0.1, -0.05) is 12.1 Å². The summed E-state index contributed by atoms with van der Waals surface area (Å²) in [5.41, 5.74) is 12.8. The standard InChI is InChI=1S/C13H21N3O2.HI/c1-3-17-6-7-18-12-8-10(2)4-5-11(12)9-16-13(14)15;/h4-5,8H,3,6-7,9H2,1-2H3,(H4,14,15,16);1H. The van der Waals surface area contributed by atoms with Crippen LogP contribution in [0.1, 0.15) is 18.1 Å². The summed E-state index contributed by atoms with van der Waals surface area (Å²) in [5, 5.41) is 0. The second kappa shape index (κ2) is 9.85. The molecule has 0 amide bonds. The lowest BCUT2D eigenvalue weighted by molar-refractivity contribution is 0.110. The van der Waals surface area contributed by atoms with Gasteiger partial charge in [-0.05, 0) is 25.5 Å². The molecule has 0 atom stereocenters. The number of aryl methyl sites for hydroxylation is 1. The van der Waals surface area contributed by atoms with Crippen molar-refractivity contribution in [2.75, 3.05) is 19.8 Å². The molecule has 0 bridgehead atoms. The van der Waals surface area contributed by atoms with Crippen molar-refractivity contribution in [3.05, 3.63) is 29.3 Å². The molecule has 19 heavy (non-hydrogen) atoms. The van der Waals surface area contributed by atoms with Crippen LogP contribution >= 0.6 is 24.0 Å². The number of nitrogens with zero attached hydrogens (tertiary/aromatic N) is 1. The Bertz CT molecular complexity index is 407. The van der Waals surface area contributed by atoms with E-state index in [-0.39, 0.29) is 29.9 Å². The summed E-state index contributed by atoms with van der Waals surface area (Å²) in [6.45, 7) is 6.18. The molecule has 0 saturated heterocycles. The molecule has 1 aromatic carbocycles. The Morgan fingerprint density at radius 3 is 2.63 bits per heavy atom. The number of ether oxygens (including phenoxy) is 2. The molecule has 0 heterocycles. The summed E-state index contributed by atoms with van der Waals surface area (Å²) in [6.07, 6.45) is 0. The summed E-state index contributed by atoms with van der Waals surface area (Å²) < 4.78 is 10.9. The molecule has 0 aliphatic carbocycles. The number of hydrogen-bond donors (Lipinski definition) is 2. The van der Waals surface area contributed by atoms with Crippen LogP contribution in [0.2, 0.25) is 0 Å². The van der Waals surface area contributed by atoms with Crippen molar-refractivity contribution in [1.82, 2.24) is 0 Å². The fourth-order valence-corrected chi connectivity index (χ4v) is 1.46. The lowest BCUT2D eigenvalue weighted by atomic mass is 10.1. The van der Waals surface area contributed by atoms with E-state index in [1.165, 1.54) is 0 Å². The SMILES string of the molecule is CCOCCOc1cc(C)ccc1CN=C(N)N.I. The van der Waals surface area contributed by atoms with Gasteiger partial charge in [0.1, 0.15) is 12.4 Å². The van der Waals surface area contributed by atoms with Crippen molar-refractivity contribution >= 4 is 29.9 Å². The van der Waals surface area contributed by atoms with Gasteiger partial charge in [0.2, 0.25) is 0 Å². The van der Waals surface area contributed by atoms with Crippen LogP contribution in [0, 0.1) is 6.92 Å². The Morgan fingerprint density at radius 2 is 2.00 bits per heavy atom. The van der Waals surface area contributed by atoms with Crippen molar-refractivity contribution in [1.29, 1.82) is 0 Å². The molecule has 0 spiro atoms. The molecular weight excluding hydrogens is 357 g/mol. The fourth-order valence-electron chi connectivity index (χ4n) is 1.46. The van der Waals surface area contributed by atoms with Crippen LogP contribution in [0.3, 0.4) is 0 Å². The maximum absolute atomic E-state index is 5.68. The van der Waals surface area contributed by atoms with Crippen LogP contribution in [0.25, 0.3) is 0 Å². The number of rotatable bonds is 7. The van der Waals surface area contributed by atoms with Gasteiger partial charge in [0.15, 0.2) is 5.96 Å². The predicted octanol–water partition coefficient (Wildman–Crippen LogP) is 1.80. The molecule has 0 radical (unpaired) electrons. The van der Waals surface area contributed by atoms with E-state index < -0.39 is 0 Å². The zero-order valence-electron chi connectivity index (χ0n) is 11.4. The lowest BCUT2D eigenvalue weighted by Gasteiger charge is -2.11. The molecule has 1 aromatic rings. The molecule has 0 aliphatic rings. The van der Waals surface area contributed by atoms with E-state index in [9.17, 15) is 0 Å². The normalized spacial score (nSPS) is 9.58. The highest BCUT2D eigenvalue weighted by Crippen LogP contribution is 2.21. The third-order valence-corrected chi connectivity index (χ3v) is 2.34. The first kappa shape index (κ1) is 18.0. The Hall–Kier alpha value is -1.02. The molecular formula is C13H22IN3O2. The van der Waals surface area contributed by atoms with Crippen LogP contribution in [0.15, 0.2) is 23.2 Å². The third kappa shape index (κ3) is 7.22. The van der Waals surface area contributed by atoms with Crippen molar-refractivity contribution in [2.24, 2.45) is 16.5 Å². The summed E-state index contributed by atoms with van der Waals surface area (Å²) in [6, 6.07) is 5.95. The molecule has 4 N–H and O–H groups in total. The monoisotopic (exact) mass is 379 g/mol. The summed E-state index contributed by atoms with van der Waals surface area (Å²) in [5.74, 6) is 0.885. The van der Waals surface area contributed by atoms with Crippen LogP contribution < -0.4 is 16.2 Å². The average Bonchev–Trinajstić information content (AvgIpc) is 2.33. The first-order chi connectivity index (χ1) is 8.63. The molecule has 6 heteroatoms.